The largest absolute Gasteiger partial charge is 0.369 e. The fourth-order valence-electron chi connectivity index (χ4n) is 2.55. The standard InChI is InChI=1S/C13H19ClN4O/c14-13-17-8-10(11(15)19)12(18-13)16-7-6-9-4-2-1-3-5-9/h8-9H,1-7H2,(H2,15,19)(H,16,17,18). The number of carbonyl (C=O) groups is 1. The Kier molecular flexibility index (Phi) is 4.96. The predicted molar refractivity (Wildman–Crippen MR) is 75.2 cm³/mol. The third-order valence-corrected chi connectivity index (χ3v) is 3.78. The molecular formula is C13H19ClN4O. The lowest BCUT2D eigenvalue weighted by molar-refractivity contribution is 0.100. The Morgan fingerprint density at radius 2 is 2.16 bits per heavy atom. The van der Waals surface area contributed by atoms with Crippen LogP contribution in [-0.4, -0.2) is 22.4 Å². The van der Waals surface area contributed by atoms with E-state index in [1.807, 2.05) is 0 Å². The topological polar surface area (TPSA) is 80.9 Å². The fourth-order valence-corrected chi connectivity index (χ4v) is 2.68. The van der Waals surface area contributed by atoms with E-state index in [-0.39, 0.29) is 10.8 Å². The molecule has 1 aromatic heterocycles. The van der Waals surface area contributed by atoms with Gasteiger partial charge >= 0.3 is 0 Å². The van der Waals surface area contributed by atoms with Gasteiger partial charge in [0.2, 0.25) is 5.28 Å². The first-order chi connectivity index (χ1) is 9.16. The summed E-state index contributed by atoms with van der Waals surface area (Å²) >= 11 is 5.73. The van der Waals surface area contributed by atoms with E-state index in [9.17, 15) is 4.79 Å². The molecule has 1 aliphatic rings. The lowest BCUT2D eigenvalue weighted by Crippen LogP contribution is -2.18. The minimum absolute atomic E-state index is 0.116. The molecule has 6 heteroatoms. The van der Waals surface area contributed by atoms with Crippen LogP contribution < -0.4 is 11.1 Å². The van der Waals surface area contributed by atoms with E-state index in [1.165, 1.54) is 38.3 Å². The van der Waals surface area contributed by atoms with Crippen LogP contribution in [0.1, 0.15) is 48.9 Å². The second-order valence-electron chi connectivity index (χ2n) is 4.99. The monoisotopic (exact) mass is 282 g/mol. The minimum atomic E-state index is -0.545. The highest BCUT2D eigenvalue weighted by Crippen LogP contribution is 2.26. The van der Waals surface area contributed by atoms with Crippen LogP contribution in [0.3, 0.4) is 0 Å². The van der Waals surface area contributed by atoms with Crippen molar-refractivity contribution in [2.75, 3.05) is 11.9 Å². The van der Waals surface area contributed by atoms with Gasteiger partial charge in [-0.1, -0.05) is 32.1 Å². The molecule has 1 amide bonds. The molecule has 1 aromatic rings. The zero-order chi connectivity index (χ0) is 13.7. The molecule has 0 atom stereocenters. The van der Waals surface area contributed by atoms with Crippen molar-refractivity contribution in [1.82, 2.24) is 9.97 Å². The Hall–Kier alpha value is -1.36. The van der Waals surface area contributed by atoms with Gasteiger partial charge in [0.15, 0.2) is 0 Å². The SMILES string of the molecule is NC(=O)c1cnc(Cl)nc1NCCC1CCCCC1. The Morgan fingerprint density at radius 3 is 2.84 bits per heavy atom. The van der Waals surface area contributed by atoms with Crippen molar-refractivity contribution >= 4 is 23.3 Å². The highest BCUT2D eigenvalue weighted by atomic mass is 35.5. The summed E-state index contributed by atoms with van der Waals surface area (Å²) in [6.07, 6.45) is 9.06. The summed E-state index contributed by atoms with van der Waals surface area (Å²) in [6.45, 7) is 0.776. The summed E-state index contributed by atoms with van der Waals surface area (Å²) in [4.78, 5) is 19.0. The van der Waals surface area contributed by atoms with Crippen molar-refractivity contribution in [2.24, 2.45) is 11.7 Å². The fraction of sp³-hybridized carbons (Fsp3) is 0.615. The van der Waals surface area contributed by atoms with Crippen molar-refractivity contribution in [3.63, 3.8) is 0 Å². The van der Waals surface area contributed by atoms with Gasteiger partial charge in [-0.15, -0.1) is 0 Å². The average molecular weight is 283 g/mol. The van der Waals surface area contributed by atoms with Crippen molar-refractivity contribution in [1.29, 1.82) is 0 Å². The highest BCUT2D eigenvalue weighted by Gasteiger charge is 2.14. The van der Waals surface area contributed by atoms with Gasteiger partial charge in [-0.2, -0.15) is 4.98 Å². The van der Waals surface area contributed by atoms with Crippen molar-refractivity contribution < 1.29 is 4.79 Å². The number of nitrogens with zero attached hydrogens (tertiary/aromatic N) is 2. The summed E-state index contributed by atoms with van der Waals surface area (Å²) in [5, 5.41) is 3.26. The number of aromatic nitrogens is 2. The summed E-state index contributed by atoms with van der Waals surface area (Å²) in [5.41, 5.74) is 5.56. The quantitative estimate of drug-likeness (QED) is 0.814. The van der Waals surface area contributed by atoms with Crippen molar-refractivity contribution in [3.8, 4) is 0 Å². The van der Waals surface area contributed by atoms with E-state index in [2.05, 4.69) is 15.3 Å². The zero-order valence-corrected chi connectivity index (χ0v) is 11.6. The zero-order valence-electron chi connectivity index (χ0n) is 10.9. The lowest BCUT2D eigenvalue weighted by Gasteiger charge is -2.21. The number of nitrogens with two attached hydrogens (primary N) is 1. The Morgan fingerprint density at radius 1 is 1.42 bits per heavy atom. The third-order valence-electron chi connectivity index (χ3n) is 3.59. The maximum absolute atomic E-state index is 11.3. The molecule has 2 rings (SSSR count). The second kappa shape index (κ2) is 6.70. The molecule has 0 bridgehead atoms. The Balaban J connectivity index is 1.91. The van der Waals surface area contributed by atoms with Crippen LogP contribution in [-0.2, 0) is 0 Å². The van der Waals surface area contributed by atoms with Gasteiger partial charge in [-0.05, 0) is 23.9 Å². The number of anilines is 1. The molecule has 104 valence electrons. The van der Waals surface area contributed by atoms with Gasteiger partial charge in [0.05, 0.1) is 5.56 Å². The summed E-state index contributed by atoms with van der Waals surface area (Å²) in [5.74, 6) is 0.663. The number of amides is 1. The van der Waals surface area contributed by atoms with E-state index in [0.717, 1.165) is 18.9 Å². The van der Waals surface area contributed by atoms with Crippen LogP contribution in [0.25, 0.3) is 0 Å². The number of hydrogen-bond donors (Lipinski definition) is 2. The lowest BCUT2D eigenvalue weighted by atomic mass is 9.87. The summed E-state index contributed by atoms with van der Waals surface area (Å²) < 4.78 is 0. The number of primary amides is 1. The predicted octanol–water partition coefficient (Wildman–Crippen LogP) is 2.61. The van der Waals surface area contributed by atoms with Crippen LogP contribution in [0.2, 0.25) is 5.28 Å². The molecule has 19 heavy (non-hydrogen) atoms. The minimum Gasteiger partial charge on any atom is -0.369 e. The van der Waals surface area contributed by atoms with E-state index in [1.54, 1.807) is 0 Å². The molecular weight excluding hydrogens is 264 g/mol. The van der Waals surface area contributed by atoms with Crippen LogP contribution in [0.5, 0.6) is 0 Å². The number of rotatable bonds is 5. The molecule has 1 fully saturated rings. The molecule has 3 N–H and O–H groups in total. The van der Waals surface area contributed by atoms with Gasteiger partial charge in [-0.25, -0.2) is 4.98 Å². The molecule has 1 aliphatic carbocycles. The van der Waals surface area contributed by atoms with Crippen molar-refractivity contribution in [2.45, 2.75) is 38.5 Å². The van der Waals surface area contributed by atoms with Gasteiger partial charge in [0, 0.05) is 12.7 Å². The Labute approximate surface area is 118 Å². The summed E-state index contributed by atoms with van der Waals surface area (Å²) in [6, 6.07) is 0. The average Bonchev–Trinajstić information content (AvgIpc) is 2.39. The first-order valence-corrected chi connectivity index (χ1v) is 7.11. The maximum atomic E-state index is 11.3. The number of halogens is 1. The van der Waals surface area contributed by atoms with E-state index in [0.29, 0.717) is 5.82 Å². The molecule has 1 heterocycles. The van der Waals surface area contributed by atoms with E-state index in [4.69, 9.17) is 17.3 Å². The number of carbonyl (C=O) groups excluding carboxylic acids is 1. The van der Waals surface area contributed by atoms with Crippen molar-refractivity contribution in [3.05, 3.63) is 17.0 Å². The molecule has 5 nitrogen and oxygen atoms in total. The van der Waals surface area contributed by atoms with Crippen LogP contribution in [0.4, 0.5) is 5.82 Å². The number of hydrogen-bond acceptors (Lipinski definition) is 4. The number of nitrogens with one attached hydrogen (secondary N) is 1. The molecule has 0 radical (unpaired) electrons. The smallest absolute Gasteiger partial charge is 0.254 e. The molecule has 1 saturated carbocycles. The third kappa shape index (κ3) is 4.06. The van der Waals surface area contributed by atoms with Crippen LogP contribution >= 0.6 is 11.6 Å². The molecule has 0 aliphatic heterocycles. The highest BCUT2D eigenvalue weighted by molar-refractivity contribution is 6.28. The molecule has 0 saturated heterocycles. The normalized spacial score (nSPS) is 16.3. The van der Waals surface area contributed by atoms with Gasteiger partial charge < -0.3 is 11.1 Å². The van der Waals surface area contributed by atoms with Gasteiger partial charge in [0.1, 0.15) is 5.82 Å². The Bertz CT molecular complexity index is 446. The first-order valence-electron chi connectivity index (χ1n) is 6.73. The molecule has 0 unspecified atom stereocenters. The molecule has 0 spiro atoms. The van der Waals surface area contributed by atoms with Crippen LogP contribution in [0.15, 0.2) is 6.20 Å². The van der Waals surface area contributed by atoms with Gasteiger partial charge in [-0.3, -0.25) is 4.79 Å². The maximum Gasteiger partial charge on any atom is 0.254 e. The van der Waals surface area contributed by atoms with E-state index < -0.39 is 5.91 Å². The summed E-state index contributed by atoms with van der Waals surface area (Å²) in [7, 11) is 0. The van der Waals surface area contributed by atoms with Gasteiger partial charge in [0.25, 0.3) is 5.91 Å². The molecule has 0 aromatic carbocycles. The second-order valence-corrected chi connectivity index (χ2v) is 5.32. The first kappa shape index (κ1) is 14.1. The van der Waals surface area contributed by atoms with Crippen LogP contribution in [0, 0.1) is 5.92 Å². The van der Waals surface area contributed by atoms with E-state index >= 15 is 0 Å².